The summed E-state index contributed by atoms with van der Waals surface area (Å²) in [4.78, 5) is 24.4. The molecule has 2 N–H and O–H groups in total. The Balaban J connectivity index is 2.23. The fourth-order valence-electron chi connectivity index (χ4n) is 5.50. The minimum Gasteiger partial charge on any atom is -0.396 e. The van der Waals surface area contributed by atoms with Crippen molar-refractivity contribution in [3.05, 3.63) is 0 Å². The van der Waals surface area contributed by atoms with Crippen LogP contribution in [0.25, 0.3) is 0 Å². The summed E-state index contributed by atoms with van der Waals surface area (Å²) in [7, 11) is 0. The molecule has 4 atom stereocenters. The highest BCUT2D eigenvalue weighted by atomic mass is 16.3. The van der Waals surface area contributed by atoms with E-state index in [0.717, 1.165) is 89.8 Å². The van der Waals surface area contributed by atoms with Crippen LogP contribution in [-0.4, -0.2) is 35.5 Å². The van der Waals surface area contributed by atoms with Crippen LogP contribution >= 0.6 is 0 Å². The molecule has 0 spiro atoms. The summed E-state index contributed by atoms with van der Waals surface area (Å²) < 4.78 is 0. The lowest BCUT2D eigenvalue weighted by molar-refractivity contribution is -0.129. The fraction of sp³-hybridized carbons (Fsp3) is 0.933. The molecule has 0 aromatic rings. The van der Waals surface area contributed by atoms with Crippen molar-refractivity contribution in [2.45, 2.75) is 131 Å². The molecular weight excluding hydrogens is 424 g/mol. The van der Waals surface area contributed by atoms with Crippen molar-refractivity contribution in [3.63, 3.8) is 0 Å². The van der Waals surface area contributed by atoms with Gasteiger partial charge < -0.3 is 15.0 Å². The molecule has 0 aliphatic heterocycles. The summed E-state index contributed by atoms with van der Waals surface area (Å²) in [5, 5.41) is 18.8. The molecule has 4 unspecified atom stereocenters. The number of rotatable bonds is 19. The molecule has 1 saturated carbocycles. The van der Waals surface area contributed by atoms with Gasteiger partial charge in [-0.15, -0.1) is 0 Å². The van der Waals surface area contributed by atoms with E-state index >= 15 is 0 Å². The number of Topliss-reactive ketones (excluding diaryl/α,β-unsaturated/α-hetero) is 1. The predicted octanol–water partition coefficient (Wildman–Crippen LogP) is 7.14. The molecule has 1 aliphatic rings. The van der Waals surface area contributed by atoms with Crippen LogP contribution in [0.4, 0.5) is 0 Å². The maximum Gasteiger partial charge on any atom is 0.139 e. The van der Waals surface area contributed by atoms with Crippen molar-refractivity contribution < 1.29 is 19.8 Å². The number of aliphatic hydroxyl groups excluding tert-OH is 2. The molecule has 0 aromatic heterocycles. The quantitative estimate of drug-likeness (QED) is 0.193. The van der Waals surface area contributed by atoms with E-state index < -0.39 is 0 Å². The van der Waals surface area contributed by atoms with Gasteiger partial charge in [0.25, 0.3) is 0 Å². The van der Waals surface area contributed by atoms with Crippen LogP contribution in [0.15, 0.2) is 0 Å². The Kier molecular flexibility index (Phi) is 14.8. The Hall–Kier alpha value is -0.740. The van der Waals surface area contributed by atoms with Gasteiger partial charge in [0.05, 0.1) is 0 Å². The van der Waals surface area contributed by atoms with Crippen LogP contribution in [0.2, 0.25) is 0 Å². The highest BCUT2D eigenvalue weighted by Crippen LogP contribution is 2.34. The molecule has 0 bridgehead atoms. The molecule has 4 nitrogen and oxygen atoms in total. The zero-order chi connectivity index (χ0) is 25.6. The number of carbonyl (C=O) groups is 2. The Morgan fingerprint density at radius 1 is 0.824 bits per heavy atom. The minimum absolute atomic E-state index is 0.0319. The minimum atomic E-state index is -0.0431. The zero-order valence-corrected chi connectivity index (χ0v) is 23.1. The standard InChI is InChI=1S/C30H56O4/c1-24(11-6-13-25(21-31)14-9-19-29(2,3)22-32)12-7-15-26-16-8-17-27(28(26)34)18-10-20-30(4,5)23-33/h21,24-27,32-33H,6-20,22-23H2,1-5H3. The number of hydrogen-bond acceptors (Lipinski definition) is 4. The van der Waals surface area contributed by atoms with Crippen molar-refractivity contribution in [2.75, 3.05) is 13.2 Å². The number of hydrogen-bond donors (Lipinski definition) is 2. The van der Waals surface area contributed by atoms with E-state index in [1.807, 2.05) is 0 Å². The van der Waals surface area contributed by atoms with Gasteiger partial charge in [-0.2, -0.15) is 0 Å². The van der Waals surface area contributed by atoms with E-state index in [2.05, 4.69) is 34.6 Å². The lowest BCUT2D eigenvalue weighted by Gasteiger charge is -2.29. The lowest BCUT2D eigenvalue weighted by Crippen LogP contribution is -2.29. The third kappa shape index (κ3) is 12.8. The molecule has 0 aromatic carbocycles. The van der Waals surface area contributed by atoms with Crippen molar-refractivity contribution >= 4 is 12.1 Å². The van der Waals surface area contributed by atoms with Crippen LogP contribution < -0.4 is 0 Å². The SMILES string of the molecule is CC(CCCC(C=O)CCCC(C)(C)CO)CCCC1CCCC(CCCC(C)(C)CO)C1=O. The second-order valence-corrected chi connectivity index (χ2v) is 13.0. The molecular formula is C30H56O4. The Morgan fingerprint density at radius 2 is 1.32 bits per heavy atom. The van der Waals surface area contributed by atoms with Gasteiger partial charge in [0, 0.05) is 31.0 Å². The van der Waals surface area contributed by atoms with Gasteiger partial charge in [0.1, 0.15) is 12.1 Å². The molecule has 34 heavy (non-hydrogen) atoms. The number of ketones is 1. The molecule has 4 heteroatoms. The van der Waals surface area contributed by atoms with Crippen LogP contribution in [0.1, 0.15) is 131 Å². The molecule has 0 heterocycles. The van der Waals surface area contributed by atoms with E-state index in [1.165, 1.54) is 12.8 Å². The van der Waals surface area contributed by atoms with Gasteiger partial charge in [-0.05, 0) is 68.1 Å². The van der Waals surface area contributed by atoms with Gasteiger partial charge in [0.15, 0.2) is 0 Å². The first-order valence-corrected chi connectivity index (χ1v) is 14.2. The van der Waals surface area contributed by atoms with Crippen molar-refractivity contribution in [3.8, 4) is 0 Å². The first-order valence-electron chi connectivity index (χ1n) is 14.2. The molecule has 0 saturated heterocycles. The van der Waals surface area contributed by atoms with Crippen LogP contribution in [0, 0.1) is 34.5 Å². The summed E-state index contributed by atoms with van der Waals surface area (Å²) in [6.07, 6.45) is 16.9. The molecule has 1 fully saturated rings. The topological polar surface area (TPSA) is 74.6 Å². The normalized spacial score (nSPS) is 21.4. The molecule has 1 aliphatic carbocycles. The Labute approximate surface area is 210 Å². The third-order valence-electron chi connectivity index (χ3n) is 8.31. The van der Waals surface area contributed by atoms with Gasteiger partial charge in [-0.25, -0.2) is 0 Å². The van der Waals surface area contributed by atoms with Gasteiger partial charge >= 0.3 is 0 Å². The average Bonchev–Trinajstić information content (AvgIpc) is 2.80. The highest BCUT2D eigenvalue weighted by molar-refractivity contribution is 5.84. The molecule has 0 amide bonds. The number of aliphatic hydroxyl groups is 2. The predicted molar refractivity (Wildman–Crippen MR) is 142 cm³/mol. The third-order valence-corrected chi connectivity index (χ3v) is 8.31. The maximum absolute atomic E-state index is 13.0. The summed E-state index contributed by atoms with van der Waals surface area (Å²) in [6.45, 7) is 11.1. The van der Waals surface area contributed by atoms with E-state index in [0.29, 0.717) is 11.7 Å². The smallest absolute Gasteiger partial charge is 0.139 e. The Bertz CT molecular complexity index is 568. The monoisotopic (exact) mass is 480 g/mol. The van der Waals surface area contributed by atoms with E-state index in [4.69, 9.17) is 0 Å². The Morgan fingerprint density at radius 3 is 1.88 bits per heavy atom. The van der Waals surface area contributed by atoms with E-state index in [9.17, 15) is 19.8 Å². The zero-order valence-electron chi connectivity index (χ0n) is 23.1. The summed E-state index contributed by atoms with van der Waals surface area (Å²) in [6, 6.07) is 0. The van der Waals surface area contributed by atoms with Crippen molar-refractivity contribution in [1.29, 1.82) is 0 Å². The average molecular weight is 481 g/mol. The number of aldehydes is 1. The maximum atomic E-state index is 13.0. The highest BCUT2D eigenvalue weighted by Gasteiger charge is 2.31. The van der Waals surface area contributed by atoms with Crippen LogP contribution in [0.5, 0.6) is 0 Å². The van der Waals surface area contributed by atoms with Crippen LogP contribution in [0.3, 0.4) is 0 Å². The van der Waals surface area contributed by atoms with Gasteiger partial charge in [0.2, 0.25) is 0 Å². The van der Waals surface area contributed by atoms with Crippen molar-refractivity contribution in [2.24, 2.45) is 34.5 Å². The van der Waals surface area contributed by atoms with Crippen molar-refractivity contribution in [1.82, 2.24) is 0 Å². The number of carbonyl (C=O) groups excluding carboxylic acids is 2. The van der Waals surface area contributed by atoms with E-state index in [1.54, 1.807) is 0 Å². The summed E-state index contributed by atoms with van der Waals surface area (Å²) >= 11 is 0. The fourth-order valence-corrected chi connectivity index (χ4v) is 5.50. The second-order valence-electron chi connectivity index (χ2n) is 13.0. The van der Waals surface area contributed by atoms with Crippen LogP contribution in [-0.2, 0) is 9.59 Å². The summed E-state index contributed by atoms with van der Waals surface area (Å²) in [5.41, 5.74) is -0.0751. The summed E-state index contributed by atoms with van der Waals surface area (Å²) in [5.74, 6) is 1.82. The molecule has 0 radical (unpaired) electrons. The largest absolute Gasteiger partial charge is 0.396 e. The van der Waals surface area contributed by atoms with Gasteiger partial charge in [-0.1, -0.05) is 79.6 Å². The lowest BCUT2D eigenvalue weighted by atomic mass is 9.75. The van der Waals surface area contributed by atoms with Gasteiger partial charge in [-0.3, -0.25) is 4.79 Å². The molecule has 200 valence electrons. The second kappa shape index (κ2) is 16.1. The first kappa shape index (κ1) is 31.3. The first-order chi connectivity index (χ1) is 16.0. The molecule has 1 rings (SSSR count). The van der Waals surface area contributed by atoms with E-state index in [-0.39, 0.29) is 41.8 Å².